The van der Waals surface area contributed by atoms with Gasteiger partial charge in [0.15, 0.2) is 0 Å². The second-order valence-corrected chi connectivity index (χ2v) is 7.13. The van der Waals surface area contributed by atoms with Gasteiger partial charge < -0.3 is 24.4 Å². The van der Waals surface area contributed by atoms with E-state index in [9.17, 15) is 9.90 Å². The van der Waals surface area contributed by atoms with Crippen molar-refractivity contribution in [2.75, 3.05) is 60.5 Å². The summed E-state index contributed by atoms with van der Waals surface area (Å²) in [4.78, 5) is 19.2. The third kappa shape index (κ3) is 4.11. The lowest BCUT2D eigenvalue weighted by atomic mass is 10.1. The molecule has 2 saturated heterocycles. The number of aliphatic hydroxyl groups is 1. The van der Waals surface area contributed by atoms with E-state index in [1.165, 1.54) is 0 Å². The molecule has 0 saturated carbocycles. The number of hydrogen-bond donors (Lipinski definition) is 1. The van der Waals surface area contributed by atoms with Crippen molar-refractivity contribution in [3.8, 4) is 11.5 Å². The first-order valence-electron chi connectivity index (χ1n) is 9.11. The fraction of sp³-hybridized carbons (Fsp3) is 0.632. The highest BCUT2D eigenvalue weighted by molar-refractivity contribution is 5.80. The van der Waals surface area contributed by atoms with E-state index in [1.807, 2.05) is 18.2 Å². The number of ether oxygens (including phenoxy) is 2. The number of carbonyl (C=O) groups excluding carboxylic acids is 1. The molecule has 1 amide bonds. The van der Waals surface area contributed by atoms with E-state index in [2.05, 4.69) is 16.8 Å². The van der Waals surface area contributed by atoms with E-state index in [1.54, 1.807) is 19.1 Å². The number of likely N-dealkylation sites (tertiary alicyclic amines) is 1. The van der Waals surface area contributed by atoms with Crippen molar-refractivity contribution in [1.82, 2.24) is 14.7 Å². The molecule has 2 aliphatic rings. The van der Waals surface area contributed by atoms with Crippen LogP contribution in [0.2, 0.25) is 0 Å². The summed E-state index contributed by atoms with van der Waals surface area (Å²) < 4.78 is 10.6. The molecule has 1 aromatic rings. The van der Waals surface area contributed by atoms with Crippen LogP contribution in [0, 0.1) is 0 Å². The van der Waals surface area contributed by atoms with E-state index < -0.39 is 6.10 Å². The van der Waals surface area contributed by atoms with Crippen LogP contribution in [0.15, 0.2) is 18.2 Å². The fourth-order valence-electron chi connectivity index (χ4n) is 3.78. The number of carbonyl (C=O) groups is 1. The van der Waals surface area contributed by atoms with E-state index in [0.29, 0.717) is 24.6 Å². The Hall–Kier alpha value is -1.83. The Balaban J connectivity index is 1.64. The summed E-state index contributed by atoms with van der Waals surface area (Å²) in [5.41, 5.74) is 0.800. The molecule has 0 bridgehead atoms. The third-order valence-electron chi connectivity index (χ3n) is 5.45. The predicted octanol–water partition coefficient (Wildman–Crippen LogP) is 0.0654. The molecule has 2 aliphatic heterocycles. The average Bonchev–Trinajstić information content (AvgIpc) is 3.04. The second kappa shape index (κ2) is 8.24. The summed E-state index contributed by atoms with van der Waals surface area (Å²) in [6, 6.07) is 5.49. The molecule has 2 atom stereocenters. The number of hydrogen-bond acceptors (Lipinski definition) is 6. The first kappa shape index (κ1) is 18.9. The second-order valence-electron chi connectivity index (χ2n) is 7.13. The molecule has 0 unspecified atom stereocenters. The molecule has 2 fully saturated rings. The van der Waals surface area contributed by atoms with Gasteiger partial charge in [-0.25, -0.2) is 0 Å². The van der Waals surface area contributed by atoms with Gasteiger partial charge in [0.25, 0.3) is 0 Å². The van der Waals surface area contributed by atoms with Crippen molar-refractivity contribution in [2.24, 2.45) is 0 Å². The van der Waals surface area contributed by atoms with Crippen LogP contribution in [0.3, 0.4) is 0 Å². The summed E-state index contributed by atoms with van der Waals surface area (Å²) in [6.45, 7) is 4.84. The largest absolute Gasteiger partial charge is 0.497 e. The van der Waals surface area contributed by atoms with Gasteiger partial charge in [-0.1, -0.05) is 0 Å². The molecular formula is C19H29N3O4. The number of piperazine rings is 1. The normalized spacial score (nSPS) is 24.7. The van der Waals surface area contributed by atoms with Gasteiger partial charge in [-0.05, 0) is 25.2 Å². The molecule has 0 aliphatic carbocycles. The van der Waals surface area contributed by atoms with Crippen LogP contribution in [-0.4, -0.2) is 98.4 Å². The number of nitrogens with zero attached hydrogens (tertiary/aromatic N) is 3. The van der Waals surface area contributed by atoms with Gasteiger partial charge >= 0.3 is 0 Å². The summed E-state index contributed by atoms with van der Waals surface area (Å²) in [5, 5.41) is 10.5. The van der Waals surface area contributed by atoms with Crippen LogP contribution in [0.25, 0.3) is 0 Å². The zero-order valence-corrected chi connectivity index (χ0v) is 15.9. The Morgan fingerprint density at radius 1 is 1.15 bits per heavy atom. The molecule has 2 heterocycles. The Kier molecular flexibility index (Phi) is 6.01. The first-order valence-corrected chi connectivity index (χ1v) is 9.11. The molecule has 3 rings (SSSR count). The van der Waals surface area contributed by atoms with Crippen molar-refractivity contribution < 1.29 is 19.4 Å². The minimum Gasteiger partial charge on any atom is -0.497 e. The molecule has 144 valence electrons. The summed E-state index contributed by atoms with van der Waals surface area (Å²) in [7, 11) is 5.31. The monoisotopic (exact) mass is 363 g/mol. The predicted molar refractivity (Wildman–Crippen MR) is 98.7 cm³/mol. The smallest absolute Gasteiger partial charge is 0.227 e. The molecule has 7 heteroatoms. The van der Waals surface area contributed by atoms with Gasteiger partial charge in [0, 0.05) is 44.8 Å². The first-order chi connectivity index (χ1) is 12.5. The molecule has 0 radical (unpaired) electrons. The van der Waals surface area contributed by atoms with Crippen molar-refractivity contribution >= 4 is 5.91 Å². The number of β-amino-alcohol motifs (C(OH)–C–C–N with tert-alkyl or cyclic N) is 1. The third-order valence-corrected chi connectivity index (χ3v) is 5.45. The number of likely N-dealkylation sites (N-methyl/N-ethyl adjacent to an activating group) is 1. The lowest BCUT2D eigenvalue weighted by molar-refractivity contribution is -0.129. The summed E-state index contributed by atoms with van der Waals surface area (Å²) >= 11 is 0. The number of aliphatic hydroxyl groups excluding tert-OH is 1. The molecule has 26 heavy (non-hydrogen) atoms. The highest BCUT2D eigenvalue weighted by Gasteiger charge is 2.38. The number of amides is 1. The van der Waals surface area contributed by atoms with E-state index >= 15 is 0 Å². The topological polar surface area (TPSA) is 65.5 Å². The highest BCUT2D eigenvalue weighted by atomic mass is 16.5. The Morgan fingerprint density at radius 2 is 1.88 bits per heavy atom. The summed E-state index contributed by atoms with van der Waals surface area (Å²) in [5.74, 6) is 1.38. The molecular weight excluding hydrogens is 334 g/mol. The lowest BCUT2D eigenvalue weighted by Gasteiger charge is -2.37. The molecule has 0 spiro atoms. The van der Waals surface area contributed by atoms with Crippen LogP contribution in [0.1, 0.15) is 5.56 Å². The zero-order chi connectivity index (χ0) is 18.7. The molecule has 0 aromatic heterocycles. The van der Waals surface area contributed by atoms with Gasteiger partial charge in [0.1, 0.15) is 11.5 Å². The Bertz CT molecular complexity index is 631. The SMILES string of the molecule is COc1ccc(OC)c(CC(=O)N2C[C@H](O)[C@@H](N3CCN(C)CC3)C2)c1. The Morgan fingerprint density at radius 3 is 2.54 bits per heavy atom. The molecule has 1 aromatic carbocycles. The number of benzene rings is 1. The molecule has 7 nitrogen and oxygen atoms in total. The van der Waals surface area contributed by atoms with E-state index in [0.717, 1.165) is 31.7 Å². The van der Waals surface area contributed by atoms with Gasteiger partial charge in [0.05, 0.1) is 32.8 Å². The van der Waals surface area contributed by atoms with Crippen LogP contribution < -0.4 is 9.47 Å². The quantitative estimate of drug-likeness (QED) is 0.799. The van der Waals surface area contributed by atoms with Crippen molar-refractivity contribution in [1.29, 1.82) is 0 Å². The van der Waals surface area contributed by atoms with E-state index in [4.69, 9.17) is 9.47 Å². The fourth-order valence-corrected chi connectivity index (χ4v) is 3.78. The van der Waals surface area contributed by atoms with Crippen molar-refractivity contribution in [2.45, 2.75) is 18.6 Å². The minimum absolute atomic E-state index is 0.00669. The van der Waals surface area contributed by atoms with Crippen LogP contribution in [-0.2, 0) is 11.2 Å². The lowest BCUT2D eigenvalue weighted by Crippen LogP contribution is -2.52. The minimum atomic E-state index is -0.491. The van der Waals surface area contributed by atoms with Crippen LogP contribution in [0.5, 0.6) is 11.5 Å². The van der Waals surface area contributed by atoms with E-state index in [-0.39, 0.29) is 18.4 Å². The maximum Gasteiger partial charge on any atom is 0.227 e. The van der Waals surface area contributed by atoms with Crippen molar-refractivity contribution in [3.63, 3.8) is 0 Å². The Labute approximate surface area is 155 Å². The van der Waals surface area contributed by atoms with Crippen molar-refractivity contribution in [3.05, 3.63) is 23.8 Å². The average molecular weight is 363 g/mol. The maximum absolute atomic E-state index is 12.8. The standard InChI is InChI=1S/C19H29N3O4/c1-20-6-8-21(9-7-20)16-12-22(13-17(16)23)19(24)11-14-10-15(25-2)4-5-18(14)26-3/h4-5,10,16-17,23H,6-9,11-13H2,1-3H3/t16-,17-/m0/s1. The van der Waals surface area contributed by atoms with Gasteiger partial charge in [0.2, 0.25) is 5.91 Å². The summed E-state index contributed by atoms with van der Waals surface area (Å²) in [6.07, 6.45) is -0.253. The highest BCUT2D eigenvalue weighted by Crippen LogP contribution is 2.26. The van der Waals surface area contributed by atoms with Gasteiger partial charge in [-0.3, -0.25) is 9.69 Å². The zero-order valence-electron chi connectivity index (χ0n) is 15.9. The van der Waals surface area contributed by atoms with Crippen LogP contribution in [0.4, 0.5) is 0 Å². The number of methoxy groups -OCH3 is 2. The van der Waals surface area contributed by atoms with Gasteiger partial charge in [-0.15, -0.1) is 0 Å². The van der Waals surface area contributed by atoms with Gasteiger partial charge in [-0.2, -0.15) is 0 Å². The number of rotatable bonds is 5. The molecule has 1 N–H and O–H groups in total. The van der Waals surface area contributed by atoms with Crippen LogP contribution >= 0.6 is 0 Å². The maximum atomic E-state index is 12.8.